The van der Waals surface area contributed by atoms with E-state index in [1.807, 2.05) is 6.92 Å². The van der Waals surface area contributed by atoms with Crippen LogP contribution in [0.25, 0.3) is 0 Å². The van der Waals surface area contributed by atoms with Crippen molar-refractivity contribution in [3.05, 3.63) is 28.8 Å². The third-order valence-electron chi connectivity index (χ3n) is 2.35. The molecule has 0 saturated heterocycles. The average molecular weight is 258 g/mol. The molecule has 0 radical (unpaired) electrons. The van der Waals surface area contributed by atoms with E-state index in [1.54, 1.807) is 25.2 Å². The Morgan fingerprint density at radius 1 is 1.53 bits per heavy atom. The number of hydrogen-bond acceptors (Lipinski definition) is 3. The molecule has 0 atom stereocenters. The van der Waals surface area contributed by atoms with Gasteiger partial charge in [-0.25, -0.2) is 0 Å². The highest BCUT2D eigenvalue weighted by Crippen LogP contribution is 2.20. The number of nitrogens with zero attached hydrogens (tertiary/aromatic N) is 1. The van der Waals surface area contributed by atoms with Gasteiger partial charge >= 0.3 is 0 Å². The molecule has 1 amide bonds. The lowest BCUT2D eigenvalue weighted by Crippen LogP contribution is -2.33. The minimum absolute atomic E-state index is 0.0441. The van der Waals surface area contributed by atoms with Crippen LogP contribution in [0.2, 0.25) is 5.02 Å². The predicted molar refractivity (Wildman–Crippen MR) is 66.4 cm³/mol. The van der Waals surface area contributed by atoms with Gasteiger partial charge in [0.2, 0.25) is 0 Å². The molecule has 0 heterocycles. The molecule has 0 aromatic heterocycles. The SMILES string of the molecule is Cc1cc(OCC(=O)N(C)CCO)ccc1Cl. The number of likely N-dealkylation sites (N-methyl/N-ethyl adjacent to an activating group) is 1. The van der Waals surface area contributed by atoms with Crippen LogP contribution in [-0.4, -0.2) is 42.7 Å². The summed E-state index contributed by atoms with van der Waals surface area (Å²) in [6.07, 6.45) is 0. The number of aryl methyl sites for hydroxylation is 1. The monoisotopic (exact) mass is 257 g/mol. The summed E-state index contributed by atoms with van der Waals surface area (Å²) in [7, 11) is 1.62. The highest BCUT2D eigenvalue weighted by Gasteiger charge is 2.08. The van der Waals surface area contributed by atoms with E-state index in [2.05, 4.69) is 0 Å². The maximum Gasteiger partial charge on any atom is 0.260 e. The van der Waals surface area contributed by atoms with E-state index in [0.717, 1.165) is 5.56 Å². The Morgan fingerprint density at radius 3 is 2.82 bits per heavy atom. The van der Waals surface area contributed by atoms with Gasteiger partial charge in [-0.1, -0.05) is 11.6 Å². The van der Waals surface area contributed by atoms with Crippen molar-refractivity contribution in [3.63, 3.8) is 0 Å². The first-order valence-corrected chi connectivity index (χ1v) is 5.66. The summed E-state index contributed by atoms with van der Waals surface area (Å²) >= 11 is 5.88. The smallest absolute Gasteiger partial charge is 0.260 e. The largest absolute Gasteiger partial charge is 0.484 e. The Labute approximate surface area is 106 Å². The summed E-state index contributed by atoms with van der Waals surface area (Å²) in [5.41, 5.74) is 0.903. The molecule has 4 nitrogen and oxygen atoms in total. The fraction of sp³-hybridized carbons (Fsp3) is 0.417. The lowest BCUT2D eigenvalue weighted by molar-refractivity contribution is -0.132. The van der Waals surface area contributed by atoms with Crippen molar-refractivity contribution in [2.75, 3.05) is 26.8 Å². The van der Waals surface area contributed by atoms with Crippen LogP contribution in [0, 0.1) is 6.92 Å². The Hall–Kier alpha value is -1.26. The molecule has 0 bridgehead atoms. The van der Waals surface area contributed by atoms with Gasteiger partial charge in [0.15, 0.2) is 6.61 Å². The van der Waals surface area contributed by atoms with Gasteiger partial charge in [-0.15, -0.1) is 0 Å². The second-order valence-electron chi connectivity index (χ2n) is 3.74. The van der Waals surface area contributed by atoms with Gasteiger partial charge in [0.05, 0.1) is 6.61 Å². The topological polar surface area (TPSA) is 49.8 Å². The minimum atomic E-state index is -0.174. The molecule has 0 saturated carbocycles. The van der Waals surface area contributed by atoms with E-state index >= 15 is 0 Å². The normalized spacial score (nSPS) is 10.1. The lowest BCUT2D eigenvalue weighted by atomic mass is 10.2. The van der Waals surface area contributed by atoms with Crippen molar-refractivity contribution in [1.29, 1.82) is 0 Å². The number of aliphatic hydroxyl groups is 1. The molecule has 0 aliphatic heterocycles. The molecule has 94 valence electrons. The first-order chi connectivity index (χ1) is 8.04. The molecule has 1 rings (SSSR count). The molecule has 5 heteroatoms. The van der Waals surface area contributed by atoms with Gasteiger partial charge in [-0.05, 0) is 30.7 Å². The maximum atomic E-state index is 11.5. The van der Waals surface area contributed by atoms with Crippen LogP contribution in [0.5, 0.6) is 5.75 Å². The molecule has 0 unspecified atom stereocenters. The molecule has 0 fully saturated rings. The van der Waals surface area contributed by atoms with Crippen LogP contribution in [0.4, 0.5) is 0 Å². The van der Waals surface area contributed by atoms with Crippen molar-refractivity contribution >= 4 is 17.5 Å². The van der Waals surface area contributed by atoms with E-state index in [9.17, 15) is 4.79 Å². The Bertz CT molecular complexity index is 395. The number of halogens is 1. The van der Waals surface area contributed by atoms with Gasteiger partial charge in [-0.3, -0.25) is 4.79 Å². The quantitative estimate of drug-likeness (QED) is 0.869. The minimum Gasteiger partial charge on any atom is -0.484 e. The summed E-state index contributed by atoms with van der Waals surface area (Å²) < 4.78 is 5.34. The van der Waals surface area contributed by atoms with Crippen molar-refractivity contribution in [2.24, 2.45) is 0 Å². The molecule has 0 aliphatic carbocycles. The number of ether oxygens (including phenoxy) is 1. The number of aliphatic hydroxyl groups excluding tert-OH is 1. The molecule has 1 N–H and O–H groups in total. The first-order valence-electron chi connectivity index (χ1n) is 5.28. The van der Waals surface area contributed by atoms with Gasteiger partial charge in [0.1, 0.15) is 5.75 Å². The number of amides is 1. The fourth-order valence-electron chi connectivity index (χ4n) is 1.24. The Kier molecular flexibility index (Phi) is 5.25. The van der Waals surface area contributed by atoms with Crippen LogP contribution in [0.3, 0.4) is 0 Å². The van der Waals surface area contributed by atoms with Crippen LogP contribution in [0.1, 0.15) is 5.56 Å². The zero-order valence-electron chi connectivity index (χ0n) is 9.94. The van der Waals surface area contributed by atoms with Crippen LogP contribution < -0.4 is 4.74 Å². The third-order valence-corrected chi connectivity index (χ3v) is 2.78. The van der Waals surface area contributed by atoms with Crippen molar-refractivity contribution in [3.8, 4) is 5.75 Å². The lowest BCUT2D eigenvalue weighted by Gasteiger charge is -2.16. The van der Waals surface area contributed by atoms with E-state index < -0.39 is 0 Å². The standard InChI is InChI=1S/C12H16ClNO3/c1-9-7-10(3-4-11(9)13)17-8-12(16)14(2)5-6-15/h3-4,7,15H,5-6,8H2,1-2H3. The molecule has 0 spiro atoms. The number of hydrogen-bond donors (Lipinski definition) is 1. The molecular weight excluding hydrogens is 242 g/mol. The van der Waals surface area contributed by atoms with Gasteiger partial charge < -0.3 is 14.7 Å². The highest BCUT2D eigenvalue weighted by atomic mass is 35.5. The van der Waals surface area contributed by atoms with Gasteiger partial charge in [-0.2, -0.15) is 0 Å². The average Bonchev–Trinajstić information content (AvgIpc) is 2.30. The van der Waals surface area contributed by atoms with E-state index in [0.29, 0.717) is 17.3 Å². The summed E-state index contributed by atoms with van der Waals surface area (Å²) in [5.74, 6) is 0.435. The van der Waals surface area contributed by atoms with Crippen molar-refractivity contribution in [1.82, 2.24) is 4.90 Å². The molecule has 1 aromatic rings. The molecule has 0 aliphatic rings. The summed E-state index contributed by atoms with van der Waals surface area (Å²) in [6.45, 7) is 2.08. The molecule has 17 heavy (non-hydrogen) atoms. The zero-order chi connectivity index (χ0) is 12.8. The first kappa shape index (κ1) is 13.8. The van der Waals surface area contributed by atoms with Crippen LogP contribution >= 0.6 is 11.6 Å². The summed E-state index contributed by atoms with van der Waals surface area (Å²) in [5, 5.41) is 9.36. The number of benzene rings is 1. The number of rotatable bonds is 5. The van der Waals surface area contributed by atoms with E-state index in [4.69, 9.17) is 21.4 Å². The number of carbonyl (C=O) groups excluding carboxylic acids is 1. The van der Waals surface area contributed by atoms with E-state index in [-0.39, 0.29) is 19.1 Å². The van der Waals surface area contributed by atoms with Gasteiger partial charge in [0, 0.05) is 18.6 Å². The molecular formula is C12H16ClNO3. The third kappa shape index (κ3) is 4.24. The summed E-state index contributed by atoms with van der Waals surface area (Å²) in [6, 6.07) is 5.23. The van der Waals surface area contributed by atoms with Crippen molar-refractivity contribution < 1.29 is 14.6 Å². The number of carbonyl (C=O) groups is 1. The van der Waals surface area contributed by atoms with Crippen LogP contribution in [-0.2, 0) is 4.79 Å². The van der Waals surface area contributed by atoms with Crippen molar-refractivity contribution in [2.45, 2.75) is 6.92 Å². The Balaban J connectivity index is 2.50. The Morgan fingerprint density at radius 2 is 2.24 bits per heavy atom. The zero-order valence-corrected chi connectivity index (χ0v) is 10.7. The van der Waals surface area contributed by atoms with E-state index in [1.165, 1.54) is 4.90 Å². The van der Waals surface area contributed by atoms with Crippen LogP contribution in [0.15, 0.2) is 18.2 Å². The predicted octanol–water partition coefficient (Wildman–Crippen LogP) is 1.48. The highest BCUT2D eigenvalue weighted by molar-refractivity contribution is 6.31. The molecule has 1 aromatic carbocycles. The van der Waals surface area contributed by atoms with Gasteiger partial charge in [0.25, 0.3) is 5.91 Å². The summed E-state index contributed by atoms with van der Waals surface area (Å²) in [4.78, 5) is 12.9. The second kappa shape index (κ2) is 6.47. The maximum absolute atomic E-state index is 11.5. The fourth-order valence-corrected chi connectivity index (χ4v) is 1.35. The second-order valence-corrected chi connectivity index (χ2v) is 4.15.